The number of benzene rings is 1. The third-order valence-electron chi connectivity index (χ3n) is 3.00. The monoisotopic (exact) mass is 238 g/mol. The van der Waals surface area contributed by atoms with Gasteiger partial charge in [-0.25, -0.2) is 9.97 Å². The van der Waals surface area contributed by atoms with Gasteiger partial charge in [0, 0.05) is 24.8 Å². The summed E-state index contributed by atoms with van der Waals surface area (Å²) in [5.41, 5.74) is 2.42. The maximum atomic E-state index is 4.36. The van der Waals surface area contributed by atoms with Crippen LogP contribution < -0.4 is 0 Å². The van der Waals surface area contributed by atoms with Crippen LogP contribution in [0, 0.1) is 6.92 Å². The molecule has 0 fully saturated rings. The van der Waals surface area contributed by atoms with E-state index in [9.17, 15) is 0 Å². The first-order valence-corrected chi connectivity index (χ1v) is 5.90. The van der Waals surface area contributed by atoms with E-state index in [1.54, 1.807) is 12.4 Å². The molecule has 0 saturated carbocycles. The summed E-state index contributed by atoms with van der Waals surface area (Å²) in [5, 5.41) is 0. The molecule has 1 aromatic carbocycles. The smallest absolute Gasteiger partial charge is 0.121 e. The van der Waals surface area contributed by atoms with Gasteiger partial charge in [-0.15, -0.1) is 0 Å². The number of imidazole rings is 2. The number of aromatic nitrogens is 4. The van der Waals surface area contributed by atoms with E-state index in [4.69, 9.17) is 0 Å². The van der Waals surface area contributed by atoms with Crippen molar-refractivity contribution in [3.05, 3.63) is 71.8 Å². The van der Waals surface area contributed by atoms with Crippen LogP contribution in [-0.2, 0) is 0 Å². The Kier molecular flexibility index (Phi) is 2.68. The number of nitrogens with one attached hydrogen (secondary N) is 2. The summed E-state index contributed by atoms with van der Waals surface area (Å²) < 4.78 is 0. The van der Waals surface area contributed by atoms with Crippen molar-refractivity contribution >= 4 is 0 Å². The van der Waals surface area contributed by atoms with Crippen LogP contribution in [0.2, 0.25) is 0 Å². The van der Waals surface area contributed by atoms with Gasteiger partial charge in [0.2, 0.25) is 0 Å². The van der Waals surface area contributed by atoms with E-state index < -0.39 is 0 Å². The molecular formula is C14H14N4. The molecule has 0 aliphatic carbocycles. The van der Waals surface area contributed by atoms with Crippen molar-refractivity contribution in [2.75, 3.05) is 0 Å². The maximum absolute atomic E-state index is 4.36. The third kappa shape index (κ3) is 1.93. The molecule has 3 aromatic rings. The Hall–Kier alpha value is -2.36. The Morgan fingerprint density at radius 1 is 0.889 bits per heavy atom. The number of nitrogens with zero attached hydrogens (tertiary/aromatic N) is 2. The first-order valence-electron chi connectivity index (χ1n) is 5.90. The summed E-state index contributed by atoms with van der Waals surface area (Å²) in [6, 6.07) is 8.44. The van der Waals surface area contributed by atoms with Crippen LogP contribution in [0.1, 0.15) is 28.7 Å². The summed E-state index contributed by atoms with van der Waals surface area (Å²) in [5.74, 6) is 1.82. The van der Waals surface area contributed by atoms with E-state index in [0.717, 1.165) is 11.6 Å². The van der Waals surface area contributed by atoms with Gasteiger partial charge < -0.3 is 9.97 Å². The molecule has 0 bridgehead atoms. The number of rotatable bonds is 3. The van der Waals surface area contributed by atoms with Crippen LogP contribution in [0.25, 0.3) is 0 Å². The molecule has 90 valence electrons. The molecule has 3 rings (SSSR count). The molecule has 4 heteroatoms. The van der Waals surface area contributed by atoms with Gasteiger partial charge in [0.05, 0.1) is 5.92 Å². The summed E-state index contributed by atoms with van der Waals surface area (Å²) in [7, 11) is 0. The zero-order chi connectivity index (χ0) is 12.4. The van der Waals surface area contributed by atoms with Crippen molar-refractivity contribution in [3.8, 4) is 0 Å². The average molecular weight is 238 g/mol. The second-order valence-electron chi connectivity index (χ2n) is 4.29. The second-order valence-corrected chi connectivity index (χ2v) is 4.29. The SMILES string of the molecule is Cc1ccc(C(c2ncc[nH]2)c2ncc[nH]2)cc1. The number of H-pyrrole nitrogens is 2. The van der Waals surface area contributed by atoms with Crippen molar-refractivity contribution in [2.45, 2.75) is 12.8 Å². The van der Waals surface area contributed by atoms with Crippen LogP contribution >= 0.6 is 0 Å². The minimum absolute atomic E-state index is 0.0237. The van der Waals surface area contributed by atoms with Crippen molar-refractivity contribution in [1.29, 1.82) is 0 Å². The maximum Gasteiger partial charge on any atom is 0.121 e. The van der Waals surface area contributed by atoms with Crippen LogP contribution in [0.5, 0.6) is 0 Å². The number of aryl methyl sites for hydroxylation is 1. The summed E-state index contributed by atoms with van der Waals surface area (Å²) in [6.45, 7) is 2.08. The highest BCUT2D eigenvalue weighted by molar-refractivity contribution is 5.34. The average Bonchev–Trinajstić information content (AvgIpc) is 3.06. The Morgan fingerprint density at radius 3 is 1.89 bits per heavy atom. The topological polar surface area (TPSA) is 57.4 Å². The second kappa shape index (κ2) is 4.49. The zero-order valence-corrected chi connectivity index (χ0v) is 10.1. The van der Waals surface area contributed by atoms with Crippen LogP contribution in [0.4, 0.5) is 0 Å². The highest BCUT2D eigenvalue weighted by Crippen LogP contribution is 2.27. The fourth-order valence-corrected chi connectivity index (χ4v) is 2.07. The van der Waals surface area contributed by atoms with E-state index in [0.29, 0.717) is 0 Å². The van der Waals surface area contributed by atoms with Crippen LogP contribution in [0.3, 0.4) is 0 Å². The Morgan fingerprint density at radius 2 is 1.44 bits per heavy atom. The molecular weight excluding hydrogens is 224 g/mol. The molecule has 4 nitrogen and oxygen atoms in total. The first-order chi connectivity index (χ1) is 8.84. The minimum Gasteiger partial charge on any atom is -0.348 e. The van der Waals surface area contributed by atoms with Gasteiger partial charge in [-0.2, -0.15) is 0 Å². The van der Waals surface area contributed by atoms with Crippen LogP contribution in [0.15, 0.2) is 49.1 Å². The molecule has 2 aromatic heterocycles. The molecule has 0 saturated heterocycles. The Labute approximate surface area is 105 Å². The molecule has 0 radical (unpaired) electrons. The normalized spacial score (nSPS) is 11.0. The van der Waals surface area contributed by atoms with E-state index in [1.165, 1.54) is 11.1 Å². The Bertz CT molecular complexity index is 560. The molecule has 0 unspecified atom stereocenters. The van der Waals surface area contributed by atoms with Gasteiger partial charge >= 0.3 is 0 Å². The summed E-state index contributed by atoms with van der Waals surface area (Å²) >= 11 is 0. The lowest BCUT2D eigenvalue weighted by atomic mass is 9.97. The molecule has 0 amide bonds. The molecule has 2 N–H and O–H groups in total. The molecule has 0 atom stereocenters. The first kappa shape index (κ1) is 10.8. The van der Waals surface area contributed by atoms with Gasteiger partial charge in [-0.1, -0.05) is 29.8 Å². The van der Waals surface area contributed by atoms with Crippen molar-refractivity contribution < 1.29 is 0 Å². The van der Waals surface area contributed by atoms with Crippen LogP contribution in [-0.4, -0.2) is 19.9 Å². The van der Waals surface area contributed by atoms with Gasteiger partial charge in [0.1, 0.15) is 11.6 Å². The minimum atomic E-state index is 0.0237. The van der Waals surface area contributed by atoms with Gasteiger partial charge in [-0.05, 0) is 12.5 Å². The number of hydrogen-bond acceptors (Lipinski definition) is 2. The lowest BCUT2D eigenvalue weighted by molar-refractivity contribution is 0.821. The quantitative estimate of drug-likeness (QED) is 0.737. The van der Waals surface area contributed by atoms with Crippen molar-refractivity contribution in [2.24, 2.45) is 0 Å². The molecule has 2 heterocycles. The van der Waals surface area contributed by atoms with Gasteiger partial charge in [0.15, 0.2) is 0 Å². The number of aromatic amines is 2. The summed E-state index contributed by atoms with van der Waals surface area (Å²) in [6.07, 6.45) is 7.19. The fourth-order valence-electron chi connectivity index (χ4n) is 2.07. The third-order valence-corrected chi connectivity index (χ3v) is 3.00. The molecule has 0 aliphatic heterocycles. The van der Waals surface area contributed by atoms with E-state index in [-0.39, 0.29) is 5.92 Å². The van der Waals surface area contributed by atoms with Gasteiger partial charge in [-0.3, -0.25) is 0 Å². The highest BCUT2D eigenvalue weighted by atomic mass is 15.0. The Balaban J connectivity index is 2.08. The summed E-state index contributed by atoms with van der Waals surface area (Å²) in [4.78, 5) is 15.0. The van der Waals surface area contributed by atoms with Crippen molar-refractivity contribution in [1.82, 2.24) is 19.9 Å². The molecule has 18 heavy (non-hydrogen) atoms. The highest BCUT2D eigenvalue weighted by Gasteiger charge is 2.20. The standard InChI is InChI=1S/C14H14N4/c1-10-2-4-11(5-3-10)12(13-15-6-7-16-13)14-17-8-9-18-14/h2-9,12H,1H3,(H,15,16)(H,17,18). The predicted octanol–water partition coefficient (Wildman–Crippen LogP) is 2.62. The van der Waals surface area contributed by atoms with E-state index >= 15 is 0 Å². The van der Waals surface area contributed by atoms with Gasteiger partial charge in [0.25, 0.3) is 0 Å². The predicted molar refractivity (Wildman–Crippen MR) is 69.3 cm³/mol. The van der Waals surface area contributed by atoms with Crippen molar-refractivity contribution in [3.63, 3.8) is 0 Å². The lowest BCUT2D eigenvalue weighted by Crippen LogP contribution is -2.07. The lowest BCUT2D eigenvalue weighted by Gasteiger charge is -2.13. The van der Waals surface area contributed by atoms with E-state index in [1.807, 2.05) is 12.4 Å². The molecule has 0 aliphatic rings. The fraction of sp³-hybridized carbons (Fsp3) is 0.143. The molecule has 0 spiro atoms. The zero-order valence-electron chi connectivity index (χ0n) is 10.1. The number of hydrogen-bond donors (Lipinski definition) is 2. The van der Waals surface area contributed by atoms with E-state index in [2.05, 4.69) is 51.1 Å². The largest absolute Gasteiger partial charge is 0.348 e.